The molecular formula is C16H21NO. The zero-order valence-electron chi connectivity index (χ0n) is 10.8. The first-order valence-electron chi connectivity index (χ1n) is 7.06. The molecule has 1 aromatic carbocycles. The van der Waals surface area contributed by atoms with E-state index in [9.17, 15) is 0 Å². The van der Waals surface area contributed by atoms with Crippen LogP contribution in [0.15, 0.2) is 28.7 Å². The van der Waals surface area contributed by atoms with Gasteiger partial charge in [-0.1, -0.05) is 38.2 Å². The molecule has 2 heteroatoms. The normalized spacial score (nSPS) is 17.4. The number of hydrogen-bond acceptors (Lipinski definition) is 2. The number of fused-ring (bicyclic) bond motifs is 1. The minimum atomic E-state index is 0.596. The van der Waals surface area contributed by atoms with Gasteiger partial charge in [0.2, 0.25) is 0 Å². The number of hydrogen-bond donors (Lipinski definition) is 1. The van der Waals surface area contributed by atoms with Crippen molar-refractivity contribution in [1.29, 1.82) is 0 Å². The second-order valence-electron chi connectivity index (χ2n) is 5.50. The van der Waals surface area contributed by atoms with Gasteiger partial charge in [-0.25, -0.2) is 0 Å². The summed E-state index contributed by atoms with van der Waals surface area (Å²) < 4.78 is 5.93. The van der Waals surface area contributed by atoms with Gasteiger partial charge >= 0.3 is 0 Å². The summed E-state index contributed by atoms with van der Waals surface area (Å²) >= 11 is 0. The molecule has 1 aliphatic rings. The van der Waals surface area contributed by atoms with Gasteiger partial charge in [0.1, 0.15) is 11.3 Å². The maximum Gasteiger partial charge on any atom is 0.134 e. The van der Waals surface area contributed by atoms with Crippen LogP contribution in [0.3, 0.4) is 0 Å². The predicted octanol–water partition coefficient (Wildman–Crippen LogP) is 4.01. The fourth-order valence-electron chi connectivity index (χ4n) is 3.05. The van der Waals surface area contributed by atoms with Gasteiger partial charge in [0.25, 0.3) is 0 Å². The molecule has 0 unspecified atom stereocenters. The molecule has 96 valence electrons. The highest BCUT2D eigenvalue weighted by atomic mass is 16.3. The highest BCUT2D eigenvalue weighted by Gasteiger charge is 2.16. The summed E-state index contributed by atoms with van der Waals surface area (Å²) in [7, 11) is 0. The lowest BCUT2D eigenvalue weighted by atomic mass is 9.86. The second-order valence-corrected chi connectivity index (χ2v) is 5.50. The molecule has 1 aromatic heterocycles. The minimum absolute atomic E-state index is 0.596. The van der Waals surface area contributed by atoms with Crippen LogP contribution in [0.25, 0.3) is 11.0 Å². The molecule has 0 amide bonds. The maximum atomic E-state index is 5.93. The van der Waals surface area contributed by atoms with E-state index in [1.54, 1.807) is 0 Å². The molecule has 3 rings (SSSR count). The first kappa shape index (κ1) is 11.8. The van der Waals surface area contributed by atoms with Gasteiger partial charge in [-0.3, -0.25) is 0 Å². The Labute approximate surface area is 108 Å². The molecule has 1 heterocycles. The average molecular weight is 243 g/mol. The van der Waals surface area contributed by atoms with Gasteiger partial charge < -0.3 is 10.2 Å². The summed E-state index contributed by atoms with van der Waals surface area (Å²) in [6.45, 7) is 0.596. The predicted molar refractivity (Wildman–Crippen MR) is 74.4 cm³/mol. The molecule has 1 aliphatic carbocycles. The summed E-state index contributed by atoms with van der Waals surface area (Å²) in [4.78, 5) is 0. The standard InChI is InChI=1S/C16H21NO/c17-11-13-6-7-16-14(8-13)10-15(18-16)9-12-4-2-1-3-5-12/h6-8,10,12H,1-5,9,11,17H2. The van der Waals surface area contributed by atoms with Crippen molar-refractivity contribution >= 4 is 11.0 Å². The number of furan rings is 1. The van der Waals surface area contributed by atoms with E-state index in [4.69, 9.17) is 10.2 Å². The topological polar surface area (TPSA) is 39.2 Å². The number of nitrogens with two attached hydrogens (primary N) is 1. The molecule has 0 bridgehead atoms. The van der Waals surface area contributed by atoms with E-state index in [1.807, 2.05) is 6.07 Å². The van der Waals surface area contributed by atoms with Crippen LogP contribution in [-0.2, 0) is 13.0 Å². The third-order valence-electron chi connectivity index (χ3n) is 4.08. The Balaban J connectivity index is 1.79. The zero-order valence-corrected chi connectivity index (χ0v) is 10.8. The van der Waals surface area contributed by atoms with Crippen LogP contribution in [0.1, 0.15) is 43.4 Å². The Morgan fingerprint density at radius 1 is 1.11 bits per heavy atom. The highest BCUT2D eigenvalue weighted by Crippen LogP contribution is 2.29. The molecule has 0 atom stereocenters. The van der Waals surface area contributed by atoms with E-state index in [1.165, 1.54) is 43.1 Å². The van der Waals surface area contributed by atoms with Crippen molar-refractivity contribution in [2.45, 2.75) is 45.1 Å². The summed E-state index contributed by atoms with van der Waals surface area (Å²) in [6, 6.07) is 8.43. The van der Waals surface area contributed by atoms with Crippen LogP contribution < -0.4 is 5.73 Å². The van der Waals surface area contributed by atoms with Gasteiger partial charge in [-0.15, -0.1) is 0 Å². The van der Waals surface area contributed by atoms with Crippen molar-refractivity contribution in [2.24, 2.45) is 11.7 Å². The van der Waals surface area contributed by atoms with Crippen molar-refractivity contribution in [3.63, 3.8) is 0 Å². The molecule has 0 saturated heterocycles. The smallest absolute Gasteiger partial charge is 0.134 e. The van der Waals surface area contributed by atoms with Gasteiger partial charge in [0.05, 0.1) is 0 Å². The summed E-state index contributed by atoms with van der Waals surface area (Å²) in [6.07, 6.45) is 8.03. The van der Waals surface area contributed by atoms with E-state index < -0.39 is 0 Å². The van der Waals surface area contributed by atoms with Crippen molar-refractivity contribution in [2.75, 3.05) is 0 Å². The first-order chi connectivity index (χ1) is 8.85. The second kappa shape index (κ2) is 5.15. The SMILES string of the molecule is NCc1ccc2oc(CC3CCCCC3)cc2c1. The summed E-state index contributed by atoms with van der Waals surface area (Å²) in [5, 5.41) is 1.20. The lowest BCUT2D eigenvalue weighted by molar-refractivity contribution is 0.337. The molecule has 2 aromatic rings. The van der Waals surface area contributed by atoms with Crippen molar-refractivity contribution in [3.05, 3.63) is 35.6 Å². The van der Waals surface area contributed by atoms with Crippen LogP contribution in [0.5, 0.6) is 0 Å². The Hall–Kier alpha value is -1.28. The largest absolute Gasteiger partial charge is 0.461 e. The summed E-state index contributed by atoms with van der Waals surface area (Å²) in [5.74, 6) is 1.97. The van der Waals surface area contributed by atoms with Crippen LogP contribution >= 0.6 is 0 Å². The zero-order chi connectivity index (χ0) is 12.4. The van der Waals surface area contributed by atoms with Crippen LogP contribution in [0.2, 0.25) is 0 Å². The third kappa shape index (κ3) is 2.44. The van der Waals surface area contributed by atoms with Gasteiger partial charge in [0.15, 0.2) is 0 Å². The molecule has 1 saturated carbocycles. The quantitative estimate of drug-likeness (QED) is 0.884. The fraction of sp³-hybridized carbons (Fsp3) is 0.500. The maximum absolute atomic E-state index is 5.93. The molecule has 1 fully saturated rings. The van der Waals surface area contributed by atoms with E-state index in [2.05, 4.69) is 18.2 Å². The van der Waals surface area contributed by atoms with Crippen LogP contribution in [0, 0.1) is 5.92 Å². The van der Waals surface area contributed by atoms with E-state index >= 15 is 0 Å². The van der Waals surface area contributed by atoms with Crippen molar-refractivity contribution in [1.82, 2.24) is 0 Å². The lowest BCUT2D eigenvalue weighted by Gasteiger charge is -2.20. The molecule has 0 aliphatic heterocycles. The molecule has 0 spiro atoms. The first-order valence-corrected chi connectivity index (χ1v) is 7.06. The Bertz CT molecular complexity index is 523. The van der Waals surface area contributed by atoms with E-state index in [0.29, 0.717) is 6.54 Å². The molecule has 0 radical (unpaired) electrons. The molecule has 18 heavy (non-hydrogen) atoms. The van der Waals surface area contributed by atoms with Gasteiger partial charge in [0, 0.05) is 18.4 Å². The van der Waals surface area contributed by atoms with Crippen LogP contribution in [-0.4, -0.2) is 0 Å². The third-order valence-corrected chi connectivity index (χ3v) is 4.08. The fourth-order valence-corrected chi connectivity index (χ4v) is 3.05. The minimum Gasteiger partial charge on any atom is -0.461 e. The Kier molecular flexibility index (Phi) is 3.37. The molecule has 2 nitrogen and oxygen atoms in total. The summed E-state index contributed by atoms with van der Waals surface area (Å²) in [5.41, 5.74) is 7.84. The number of rotatable bonds is 3. The monoisotopic (exact) mass is 243 g/mol. The van der Waals surface area contributed by atoms with E-state index in [0.717, 1.165) is 23.7 Å². The highest BCUT2D eigenvalue weighted by molar-refractivity contribution is 5.78. The Morgan fingerprint density at radius 2 is 1.94 bits per heavy atom. The van der Waals surface area contributed by atoms with Crippen molar-refractivity contribution in [3.8, 4) is 0 Å². The average Bonchev–Trinajstić information content (AvgIpc) is 2.80. The Morgan fingerprint density at radius 3 is 2.72 bits per heavy atom. The van der Waals surface area contributed by atoms with Crippen LogP contribution in [0.4, 0.5) is 0 Å². The van der Waals surface area contributed by atoms with Gasteiger partial charge in [-0.05, 0) is 29.7 Å². The number of benzene rings is 1. The molecular weight excluding hydrogens is 222 g/mol. The lowest BCUT2D eigenvalue weighted by Crippen LogP contribution is -2.08. The van der Waals surface area contributed by atoms with Crippen molar-refractivity contribution < 1.29 is 4.42 Å². The molecule has 2 N–H and O–H groups in total. The van der Waals surface area contributed by atoms with Gasteiger partial charge in [-0.2, -0.15) is 0 Å². The van der Waals surface area contributed by atoms with E-state index in [-0.39, 0.29) is 0 Å².